The molecule has 0 aromatic carbocycles. The molecule has 16 heavy (non-hydrogen) atoms. The molecule has 90 valence electrons. The van der Waals surface area contributed by atoms with Crippen molar-refractivity contribution in [3.63, 3.8) is 0 Å². The van der Waals surface area contributed by atoms with Gasteiger partial charge in [0, 0.05) is 22.7 Å². The summed E-state index contributed by atoms with van der Waals surface area (Å²) in [4.78, 5) is 0. The maximum absolute atomic E-state index is 4.43. The van der Waals surface area contributed by atoms with Crippen molar-refractivity contribution in [2.45, 2.75) is 58.9 Å². The summed E-state index contributed by atoms with van der Waals surface area (Å²) in [5.74, 6) is 2.42. The Morgan fingerprint density at radius 1 is 1.31 bits per heavy atom. The molecule has 1 aromatic heterocycles. The first-order valence-electron chi connectivity index (χ1n) is 6.24. The number of fused-ring (bicyclic) bond motifs is 1. The Balaban J connectivity index is 2.28. The zero-order valence-corrected chi connectivity index (χ0v) is 11.0. The smallest absolute Gasteiger partial charge is 0.151 e. The normalized spacial score (nSPS) is 25.3. The lowest BCUT2D eigenvalue weighted by atomic mass is 9.80. The van der Waals surface area contributed by atoms with Gasteiger partial charge in [-0.05, 0) is 39.5 Å². The molecule has 2 unspecified atom stereocenters. The number of aromatic amines is 1. The van der Waals surface area contributed by atoms with Crippen molar-refractivity contribution >= 4 is 5.82 Å². The molecule has 1 aromatic rings. The highest BCUT2D eigenvalue weighted by Crippen LogP contribution is 2.37. The molecule has 0 aliphatic heterocycles. The monoisotopic (exact) mass is 221 g/mol. The second kappa shape index (κ2) is 3.79. The number of rotatable bonds is 1. The Hall–Kier alpha value is -0.990. The quantitative estimate of drug-likeness (QED) is 0.764. The predicted molar refractivity (Wildman–Crippen MR) is 67.9 cm³/mol. The molecular weight excluding hydrogens is 198 g/mol. The van der Waals surface area contributed by atoms with Gasteiger partial charge in [0.15, 0.2) is 5.82 Å². The van der Waals surface area contributed by atoms with E-state index in [9.17, 15) is 0 Å². The second-order valence-corrected chi connectivity index (χ2v) is 6.14. The molecule has 2 rings (SSSR count). The van der Waals surface area contributed by atoms with Gasteiger partial charge in [0.1, 0.15) is 0 Å². The van der Waals surface area contributed by atoms with Gasteiger partial charge in [-0.25, -0.2) is 0 Å². The lowest BCUT2D eigenvalue weighted by molar-refractivity contribution is 0.419. The van der Waals surface area contributed by atoms with Crippen molar-refractivity contribution in [2.75, 3.05) is 5.32 Å². The van der Waals surface area contributed by atoms with Gasteiger partial charge in [-0.1, -0.05) is 13.8 Å². The number of hydrogen-bond donors (Lipinski definition) is 2. The molecule has 0 spiro atoms. The fraction of sp³-hybridized carbons (Fsp3) is 0.769. The van der Waals surface area contributed by atoms with Gasteiger partial charge in [0.25, 0.3) is 0 Å². The maximum Gasteiger partial charge on any atom is 0.151 e. The molecule has 3 heteroatoms. The lowest BCUT2D eigenvalue weighted by Crippen LogP contribution is -2.27. The molecule has 0 radical (unpaired) electrons. The summed E-state index contributed by atoms with van der Waals surface area (Å²) >= 11 is 0. The van der Waals surface area contributed by atoms with E-state index < -0.39 is 0 Å². The topological polar surface area (TPSA) is 40.7 Å². The van der Waals surface area contributed by atoms with Crippen LogP contribution in [0.1, 0.15) is 58.2 Å². The summed E-state index contributed by atoms with van der Waals surface area (Å²) in [6.07, 6.45) is 2.42. The number of aromatic nitrogens is 2. The van der Waals surface area contributed by atoms with E-state index in [1.54, 1.807) is 0 Å². The summed E-state index contributed by atoms with van der Waals surface area (Å²) in [5, 5.41) is 11.1. The van der Waals surface area contributed by atoms with E-state index in [1.807, 2.05) is 0 Å². The average Bonchev–Trinajstić information content (AvgIpc) is 2.53. The van der Waals surface area contributed by atoms with Crippen molar-refractivity contribution in [2.24, 2.45) is 5.92 Å². The van der Waals surface area contributed by atoms with Crippen LogP contribution in [0.2, 0.25) is 0 Å². The molecule has 2 N–H and O–H groups in total. The number of hydrogen-bond acceptors (Lipinski definition) is 2. The van der Waals surface area contributed by atoms with Crippen molar-refractivity contribution < 1.29 is 0 Å². The van der Waals surface area contributed by atoms with Crippen LogP contribution < -0.4 is 5.32 Å². The van der Waals surface area contributed by atoms with Crippen molar-refractivity contribution in [3.8, 4) is 0 Å². The molecule has 1 heterocycles. The first kappa shape index (κ1) is 11.5. The van der Waals surface area contributed by atoms with Crippen LogP contribution in [0.3, 0.4) is 0 Å². The second-order valence-electron chi connectivity index (χ2n) is 6.14. The Morgan fingerprint density at radius 2 is 2.00 bits per heavy atom. The van der Waals surface area contributed by atoms with Crippen LogP contribution in [0.4, 0.5) is 5.82 Å². The Labute approximate surface area is 98.0 Å². The zero-order valence-electron chi connectivity index (χ0n) is 11.0. The summed E-state index contributed by atoms with van der Waals surface area (Å²) in [6.45, 7) is 11.1. The molecule has 0 fully saturated rings. The van der Waals surface area contributed by atoms with Gasteiger partial charge < -0.3 is 5.32 Å². The van der Waals surface area contributed by atoms with E-state index in [0.29, 0.717) is 5.92 Å². The van der Waals surface area contributed by atoms with E-state index in [-0.39, 0.29) is 5.54 Å². The van der Waals surface area contributed by atoms with Crippen LogP contribution in [0.25, 0.3) is 0 Å². The van der Waals surface area contributed by atoms with Crippen LogP contribution in [0.15, 0.2) is 0 Å². The van der Waals surface area contributed by atoms with Crippen molar-refractivity contribution in [1.29, 1.82) is 0 Å². The SMILES string of the molecule is CC1CCc2c(NC(C)(C)C)n[nH]c2C1C. The predicted octanol–water partition coefficient (Wildman–Crippen LogP) is 3.31. The van der Waals surface area contributed by atoms with Gasteiger partial charge in [0.05, 0.1) is 0 Å². The maximum atomic E-state index is 4.43. The minimum atomic E-state index is 0.0786. The van der Waals surface area contributed by atoms with Crippen LogP contribution in [-0.2, 0) is 6.42 Å². The highest BCUT2D eigenvalue weighted by molar-refractivity contribution is 5.50. The molecule has 1 aliphatic rings. The third kappa shape index (κ3) is 2.08. The number of nitrogens with one attached hydrogen (secondary N) is 2. The zero-order chi connectivity index (χ0) is 11.9. The largest absolute Gasteiger partial charge is 0.364 e. The van der Waals surface area contributed by atoms with Crippen LogP contribution >= 0.6 is 0 Å². The Bertz CT molecular complexity index is 373. The van der Waals surface area contributed by atoms with Crippen LogP contribution in [0, 0.1) is 5.92 Å². The van der Waals surface area contributed by atoms with Crippen LogP contribution in [-0.4, -0.2) is 15.7 Å². The van der Waals surface area contributed by atoms with Gasteiger partial charge >= 0.3 is 0 Å². The first-order chi connectivity index (χ1) is 7.38. The van der Waals surface area contributed by atoms with Gasteiger partial charge in [-0.2, -0.15) is 5.10 Å². The number of H-pyrrole nitrogens is 1. The summed E-state index contributed by atoms with van der Waals surface area (Å²) in [7, 11) is 0. The third-order valence-electron chi connectivity index (χ3n) is 3.55. The molecule has 0 saturated carbocycles. The standard InChI is InChI=1S/C13H23N3/c1-8-6-7-10-11(9(8)2)15-16-12(10)14-13(3,4)5/h8-9H,6-7H2,1-5H3,(H2,14,15,16). The molecule has 0 saturated heterocycles. The minimum absolute atomic E-state index is 0.0786. The molecule has 0 amide bonds. The fourth-order valence-electron chi connectivity index (χ4n) is 2.37. The number of anilines is 1. The summed E-state index contributed by atoms with van der Waals surface area (Å²) < 4.78 is 0. The minimum Gasteiger partial charge on any atom is -0.364 e. The van der Waals surface area contributed by atoms with Gasteiger partial charge in [-0.15, -0.1) is 0 Å². The molecule has 0 bridgehead atoms. The fourth-order valence-corrected chi connectivity index (χ4v) is 2.37. The summed E-state index contributed by atoms with van der Waals surface area (Å²) in [6, 6.07) is 0. The van der Waals surface area contributed by atoms with Crippen LogP contribution in [0.5, 0.6) is 0 Å². The molecule has 3 nitrogen and oxygen atoms in total. The van der Waals surface area contributed by atoms with E-state index in [4.69, 9.17) is 0 Å². The Kier molecular flexibility index (Phi) is 2.72. The highest BCUT2D eigenvalue weighted by Gasteiger charge is 2.28. The van der Waals surface area contributed by atoms with E-state index in [2.05, 4.69) is 50.1 Å². The lowest BCUT2D eigenvalue weighted by Gasteiger charge is -2.27. The number of nitrogens with zero attached hydrogens (tertiary/aromatic N) is 1. The highest BCUT2D eigenvalue weighted by atomic mass is 15.2. The molecule has 1 aliphatic carbocycles. The summed E-state index contributed by atoms with van der Waals surface area (Å²) in [5.41, 5.74) is 2.82. The first-order valence-corrected chi connectivity index (χ1v) is 6.24. The van der Waals surface area contributed by atoms with Gasteiger partial charge in [0.2, 0.25) is 0 Å². The van der Waals surface area contributed by atoms with E-state index in [0.717, 1.165) is 18.2 Å². The van der Waals surface area contributed by atoms with Gasteiger partial charge in [-0.3, -0.25) is 5.10 Å². The Morgan fingerprint density at radius 3 is 2.62 bits per heavy atom. The van der Waals surface area contributed by atoms with Crippen molar-refractivity contribution in [3.05, 3.63) is 11.3 Å². The van der Waals surface area contributed by atoms with E-state index in [1.165, 1.54) is 17.7 Å². The molecular formula is C13H23N3. The average molecular weight is 221 g/mol. The molecule has 2 atom stereocenters. The van der Waals surface area contributed by atoms with E-state index >= 15 is 0 Å². The van der Waals surface area contributed by atoms with Crippen molar-refractivity contribution in [1.82, 2.24) is 10.2 Å². The third-order valence-corrected chi connectivity index (χ3v) is 3.55.